The zero-order chi connectivity index (χ0) is 21.7. The number of halogens is 1. The van der Waals surface area contributed by atoms with Gasteiger partial charge in [-0.25, -0.2) is 0 Å². The van der Waals surface area contributed by atoms with Gasteiger partial charge in [0.05, 0.1) is 14.7 Å². The van der Waals surface area contributed by atoms with E-state index in [1.165, 1.54) is 29.4 Å². The van der Waals surface area contributed by atoms with Crippen molar-refractivity contribution in [3.63, 3.8) is 0 Å². The molecule has 1 N–H and O–H groups in total. The number of benzene rings is 1. The molecule has 0 spiro atoms. The van der Waals surface area contributed by atoms with Gasteiger partial charge < -0.3 is 15.0 Å². The molecule has 0 saturated carbocycles. The summed E-state index contributed by atoms with van der Waals surface area (Å²) in [6.07, 6.45) is 2.84. The first-order chi connectivity index (χ1) is 14.3. The number of carbonyl (C=O) groups is 3. The van der Waals surface area contributed by atoms with E-state index in [1.54, 1.807) is 12.1 Å². The highest BCUT2D eigenvalue weighted by molar-refractivity contribution is 9.11. The second-order valence-electron chi connectivity index (χ2n) is 7.92. The van der Waals surface area contributed by atoms with E-state index in [0.29, 0.717) is 11.3 Å². The minimum atomic E-state index is -0.674. The monoisotopic (exact) mass is 490 g/mol. The maximum Gasteiger partial charge on any atom is 0.261 e. The third-order valence-corrected chi connectivity index (χ3v) is 7.07. The largest absolute Gasteiger partial charge is 0.342 e. The third kappa shape index (κ3) is 6.33. The molecular weight excluding hydrogens is 464 g/mol. The van der Waals surface area contributed by atoms with Crippen molar-refractivity contribution < 1.29 is 14.4 Å². The van der Waals surface area contributed by atoms with Crippen molar-refractivity contribution in [2.24, 2.45) is 0 Å². The summed E-state index contributed by atoms with van der Waals surface area (Å²) in [6.45, 7) is 3.56. The van der Waals surface area contributed by atoms with Crippen LogP contribution in [0.1, 0.15) is 46.1 Å². The fourth-order valence-corrected chi connectivity index (χ4v) is 4.94. The summed E-state index contributed by atoms with van der Waals surface area (Å²) < 4.78 is 0.856. The number of fused-ring (bicyclic) bond motifs is 1. The lowest BCUT2D eigenvalue weighted by Crippen LogP contribution is -2.41. The molecule has 1 aromatic heterocycles. The summed E-state index contributed by atoms with van der Waals surface area (Å²) in [5.41, 5.74) is 3.61. The summed E-state index contributed by atoms with van der Waals surface area (Å²) in [5.74, 6) is -0.335. The Kier molecular flexibility index (Phi) is 7.97. The molecule has 0 aliphatic carbocycles. The molecule has 0 unspecified atom stereocenters. The summed E-state index contributed by atoms with van der Waals surface area (Å²) >= 11 is 4.67. The number of rotatable bonds is 8. The second-order valence-corrected chi connectivity index (χ2v) is 10.4. The normalized spacial score (nSPS) is 15.2. The van der Waals surface area contributed by atoms with Crippen LogP contribution >= 0.6 is 27.3 Å². The van der Waals surface area contributed by atoms with Crippen molar-refractivity contribution in [2.45, 2.75) is 45.1 Å². The molecule has 160 valence electrons. The summed E-state index contributed by atoms with van der Waals surface area (Å²) in [6, 6.07) is 9.13. The molecule has 2 aromatic rings. The number of nitrogens with zero attached hydrogens (tertiary/aromatic N) is 1. The number of Topliss-reactive ketones (excluding diaryl/α,β-unsaturated/α-hetero) is 2. The predicted octanol–water partition coefficient (Wildman–Crippen LogP) is 3.82. The standard InChI is InChI=1S/C23H27BrN2O3S/c1-15(27)3-6-19(25-23(29)21-7-8-22(24)30-21)20(28)14-16-4-5-17-9-11-26(2)12-10-18(17)13-16/h4-5,7-8,13,19H,3,6,9-12,14H2,1-2H3,(H,25,29)/t19-/m1/s1. The Morgan fingerprint density at radius 1 is 1.13 bits per heavy atom. The first-order valence-electron chi connectivity index (χ1n) is 10.2. The minimum absolute atomic E-state index is 0.00932. The fraction of sp³-hybridized carbons (Fsp3) is 0.435. The van der Waals surface area contributed by atoms with Crippen LogP contribution in [0.15, 0.2) is 34.1 Å². The molecule has 0 saturated heterocycles. The summed E-state index contributed by atoms with van der Waals surface area (Å²) in [4.78, 5) is 39.9. The highest BCUT2D eigenvalue weighted by Gasteiger charge is 2.23. The molecule has 1 aliphatic heterocycles. The Balaban J connectivity index is 1.71. The lowest BCUT2D eigenvalue weighted by molar-refractivity contribution is -0.121. The van der Waals surface area contributed by atoms with Gasteiger partial charge in [-0.15, -0.1) is 11.3 Å². The van der Waals surface area contributed by atoms with Crippen LogP contribution in [-0.4, -0.2) is 48.6 Å². The third-order valence-electron chi connectivity index (χ3n) is 5.45. The quantitative estimate of drug-likeness (QED) is 0.610. The maximum atomic E-state index is 13.0. The van der Waals surface area contributed by atoms with Gasteiger partial charge in [-0.2, -0.15) is 0 Å². The molecule has 0 radical (unpaired) electrons. The molecule has 1 atom stereocenters. The highest BCUT2D eigenvalue weighted by Crippen LogP contribution is 2.22. The number of nitrogens with one attached hydrogen (secondary N) is 1. The second kappa shape index (κ2) is 10.5. The van der Waals surface area contributed by atoms with E-state index in [2.05, 4.69) is 45.3 Å². The molecule has 0 fully saturated rings. The van der Waals surface area contributed by atoms with Gasteiger partial charge in [-0.3, -0.25) is 9.59 Å². The molecule has 7 heteroatoms. The fourth-order valence-electron chi connectivity index (χ4n) is 3.65. The van der Waals surface area contributed by atoms with E-state index in [4.69, 9.17) is 0 Å². The molecular formula is C23H27BrN2O3S. The van der Waals surface area contributed by atoms with Crippen molar-refractivity contribution in [3.05, 3.63) is 55.7 Å². The average molecular weight is 491 g/mol. The first-order valence-corrected chi connectivity index (χ1v) is 11.8. The lowest BCUT2D eigenvalue weighted by atomic mass is 9.95. The van der Waals surface area contributed by atoms with Gasteiger partial charge in [-0.1, -0.05) is 18.2 Å². The van der Waals surface area contributed by atoms with Gasteiger partial charge in [0.1, 0.15) is 5.78 Å². The molecule has 1 aromatic carbocycles. The number of ketones is 2. The first kappa shape index (κ1) is 22.8. The van der Waals surface area contributed by atoms with Gasteiger partial charge in [0, 0.05) is 25.9 Å². The number of likely N-dealkylation sites (N-methyl/N-ethyl adjacent to an activating group) is 1. The Bertz CT molecular complexity index is 940. The van der Waals surface area contributed by atoms with Crippen molar-refractivity contribution in [1.29, 1.82) is 0 Å². The van der Waals surface area contributed by atoms with Crippen molar-refractivity contribution in [1.82, 2.24) is 10.2 Å². The molecule has 0 bridgehead atoms. The topological polar surface area (TPSA) is 66.5 Å². The summed E-state index contributed by atoms with van der Waals surface area (Å²) in [5, 5.41) is 2.84. The van der Waals surface area contributed by atoms with E-state index in [9.17, 15) is 14.4 Å². The van der Waals surface area contributed by atoms with Gasteiger partial charge in [0.25, 0.3) is 5.91 Å². The van der Waals surface area contributed by atoms with Crippen LogP contribution in [0.3, 0.4) is 0 Å². The smallest absolute Gasteiger partial charge is 0.261 e. The summed E-state index contributed by atoms with van der Waals surface area (Å²) in [7, 11) is 2.13. The minimum Gasteiger partial charge on any atom is -0.342 e. The zero-order valence-electron chi connectivity index (χ0n) is 17.4. The van der Waals surface area contributed by atoms with Crippen molar-refractivity contribution >= 4 is 44.7 Å². The van der Waals surface area contributed by atoms with Crippen LogP contribution in [0, 0.1) is 0 Å². The van der Waals surface area contributed by atoms with Crippen LogP contribution in [-0.2, 0) is 28.9 Å². The van der Waals surface area contributed by atoms with Gasteiger partial charge in [0.15, 0.2) is 5.78 Å². The Morgan fingerprint density at radius 2 is 1.87 bits per heavy atom. The molecule has 2 heterocycles. The number of amides is 1. The predicted molar refractivity (Wildman–Crippen MR) is 123 cm³/mol. The Morgan fingerprint density at radius 3 is 2.53 bits per heavy atom. The van der Waals surface area contributed by atoms with Gasteiger partial charge >= 0.3 is 0 Å². The zero-order valence-corrected chi connectivity index (χ0v) is 19.8. The van der Waals surface area contributed by atoms with Crippen molar-refractivity contribution in [2.75, 3.05) is 20.1 Å². The molecule has 30 heavy (non-hydrogen) atoms. The number of thiophene rings is 1. The van der Waals surface area contributed by atoms with Crippen LogP contribution in [0.5, 0.6) is 0 Å². The number of hydrogen-bond donors (Lipinski definition) is 1. The SMILES string of the molecule is CC(=O)CC[C@@H](NC(=O)c1ccc(Br)s1)C(=O)Cc1ccc2c(c1)CCN(C)CC2. The highest BCUT2D eigenvalue weighted by atomic mass is 79.9. The van der Waals surface area contributed by atoms with E-state index in [-0.39, 0.29) is 30.3 Å². The van der Waals surface area contributed by atoms with Gasteiger partial charge in [-0.05, 0) is 78.0 Å². The van der Waals surface area contributed by atoms with E-state index in [0.717, 1.165) is 35.3 Å². The maximum absolute atomic E-state index is 13.0. The van der Waals surface area contributed by atoms with Crippen molar-refractivity contribution in [3.8, 4) is 0 Å². The van der Waals surface area contributed by atoms with Crippen LogP contribution in [0.2, 0.25) is 0 Å². The van der Waals surface area contributed by atoms with Crippen LogP contribution in [0.4, 0.5) is 0 Å². The van der Waals surface area contributed by atoms with E-state index in [1.807, 2.05) is 6.07 Å². The number of carbonyl (C=O) groups excluding carboxylic acids is 3. The van der Waals surface area contributed by atoms with Crippen LogP contribution in [0.25, 0.3) is 0 Å². The number of hydrogen-bond acceptors (Lipinski definition) is 5. The van der Waals surface area contributed by atoms with E-state index < -0.39 is 6.04 Å². The molecule has 1 aliphatic rings. The Hall–Kier alpha value is -1.83. The molecule has 3 rings (SSSR count). The van der Waals surface area contributed by atoms with Crippen LogP contribution < -0.4 is 5.32 Å². The molecule has 5 nitrogen and oxygen atoms in total. The Labute approximate surface area is 190 Å². The van der Waals surface area contributed by atoms with Gasteiger partial charge in [0.2, 0.25) is 0 Å². The lowest BCUT2D eigenvalue weighted by Gasteiger charge is -2.17. The van der Waals surface area contributed by atoms with E-state index >= 15 is 0 Å². The molecule has 1 amide bonds. The average Bonchev–Trinajstić information content (AvgIpc) is 3.05.